The maximum atomic E-state index is 6.44. The lowest BCUT2D eigenvalue weighted by Crippen LogP contribution is -1.99. The van der Waals surface area contributed by atoms with Gasteiger partial charge >= 0.3 is 0 Å². The van der Waals surface area contributed by atoms with Gasteiger partial charge in [-0.25, -0.2) is 0 Å². The van der Waals surface area contributed by atoms with Crippen LogP contribution in [0.15, 0.2) is 30.3 Å². The normalized spacial score (nSPS) is 11.4. The maximum absolute atomic E-state index is 6.44. The summed E-state index contributed by atoms with van der Waals surface area (Å²) in [6, 6.07) is 10.5. The minimum Gasteiger partial charge on any atom is -0.353 e. The molecule has 3 N–H and O–H groups in total. The molecule has 0 fully saturated rings. The van der Waals surface area contributed by atoms with Crippen LogP contribution in [0.25, 0.3) is 22.2 Å². The van der Waals surface area contributed by atoms with Crippen molar-refractivity contribution in [1.82, 2.24) is 4.98 Å². The van der Waals surface area contributed by atoms with Crippen molar-refractivity contribution in [3.63, 3.8) is 0 Å². The smallest absolute Gasteiger partial charge is 0.0833 e. The Labute approximate surface area is 153 Å². The van der Waals surface area contributed by atoms with Gasteiger partial charge in [-0.3, -0.25) is 0 Å². The minimum atomic E-state index is 0.575. The van der Waals surface area contributed by atoms with Crippen LogP contribution in [0, 0.1) is 13.8 Å². The van der Waals surface area contributed by atoms with Gasteiger partial charge in [0.2, 0.25) is 0 Å². The molecular formula is C20H22Cl2N2. The number of nitrogens with two attached hydrogens (primary N) is 1. The zero-order chi connectivity index (χ0) is 17.3. The highest BCUT2D eigenvalue weighted by molar-refractivity contribution is 6.45. The fraction of sp³-hybridized carbons (Fsp3) is 0.300. The first kappa shape index (κ1) is 17.3. The predicted octanol–water partition coefficient (Wildman–Crippen LogP) is 6.04. The first-order chi connectivity index (χ1) is 11.5. The van der Waals surface area contributed by atoms with E-state index in [1.807, 2.05) is 6.07 Å². The number of hydrogen-bond donors (Lipinski definition) is 2. The van der Waals surface area contributed by atoms with Crippen LogP contribution in [0.4, 0.5) is 0 Å². The van der Waals surface area contributed by atoms with Crippen molar-refractivity contribution in [3.8, 4) is 11.3 Å². The van der Waals surface area contributed by atoms with E-state index in [2.05, 4.69) is 43.1 Å². The quantitative estimate of drug-likeness (QED) is 0.535. The SMILES string of the molecule is Cc1cc(C)cc(-c2[nH]c3c(Cl)c(Cl)ccc3c2CCCCN)c1. The topological polar surface area (TPSA) is 41.8 Å². The van der Waals surface area contributed by atoms with Crippen LogP contribution in [0.5, 0.6) is 0 Å². The van der Waals surface area contributed by atoms with Crippen molar-refractivity contribution < 1.29 is 0 Å². The molecule has 0 aliphatic heterocycles. The molecule has 24 heavy (non-hydrogen) atoms. The Morgan fingerprint density at radius 1 is 1.00 bits per heavy atom. The summed E-state index contributed by atoms with van der Waals surface area (Å²) >= 11 is 12.6. The van der Waals surface area contributed by atoms with Gasteiger partial charge in [0.25, 0.3) is 0 Å². The van der Waals surface area contributed by atoms with E-state index in [-0.39, 0.29) is 0 Å². The Kier molecular flexibility index (Phi) is 5.19. The maximum Gasteiger partial charge on any atom is 0.0833 e. The molecule has 0 saturated carbocycles. The number of benzene rings is 2. The van der Waals surface area contributed by atoms with Gasteiger partial charge in [-0.05, 0) is 69.0 Å². The second kappa shape index (κ2) is 7.18. The van der Waals surface area contributed by atoms with Gasteiger partial charge in [-0.2, -0.15) is 0 Å². The highest BCUT2D eigenvalue weighted by Crippen LogP contribution is 2.38. The molecule has 0 bridgehead atoms. The molecule has 0 saturated heterocycles. The zero-order valence-corrected chi connectivity index (χ0v) is 15.6. The average molecular weight is 361 g/mol. The van der Waals surface area contributed by atoms with Gasteiger partial charge in [0.15, 0.2) is 0 Å². The molecule has 3 aromatic rings. The van der Waals surface area contributed by atoms with Crippen molar-refractivity contribution >= 4 is 34.1 Å². The summed E-state index contributed by atoms with van der Waals surface area (Å²) in [5, 5.41) is 2.31. The molecule has 0 spiro atoms. The third-order valence-electron chi connectivity index (χ3n) is 4.36. The molecule has 126 valence electrons. The summed E-state index contributed by atoms with van der Waals surface area (Å²) in [5.74, 6) is 0. The number of halogens is 2. The molecule has 4 heteroatoms. The van der Waals surface area contributed by atoms with E-state index in [9.17, 15) is 0 Å². The predicted molar refractivity (Wildman–Crippen MR) is 105 cm³/mol. The van der Waals surface area contributed by atoms with Crippen LogP contribution in [-0.2, 0) is 6.42 Å². The number of hydrogen-bond acceptors (Lipinski definition) is 1. The number of aromatic nitrogens is 1. The Bertz CT molecular complexity index is 861. The number of unbranched alkanes of at least 4 members (excludes halogenated alkanes) is 1. The van der Waals surface area contributed by atoms with E-state index >= 15 is 0 Å². The van der Waals surface area contributed by atoms with Crippen molar-refractivity contribution in [1.29, 1.82) is 0 Å². The number of aryl methyl sites for hydroxylation is 3. The van der Waals surface area contributed by atoms with E-state index in [4.69, 9.17) is 28.9 Å². The van der Waals surface area contributed by atoms with Crippen LogP contribution in [0.1, 0.15) is 29.5 Å². The number of rotatable bonds is 5. The third-order valence-corrected chi connectivity index (χ3v) is 5.17. The first-order valence-electron chi connectivity index (χ1n) is 8.28. The molecule has 2 aromatic carbocycles. The van der Waals surface area contributed by atoms with Crippen molar-refractivity contribution in [2.75, 3.05) is 6.54 Å². The molecule has 0 unspecified atom stereocenters. The van der Waals surface area contributed by atoms with Crippen LogP contribution < -0.4 is 5.73 Å². The molecule has 1 heterocycles. The molecular weight excluding hydrogens is 339 g/mol. The van der Waals surface area contributed by atoms with Crippen LogP contribution >= 0.6 is 23.2 Å². The van der Waals surface area contributed by atoms with E-state index in [1.54, 1.807) is 0 Å². The number of fused-ring (bicyclic) bond motifs is 1. The Morgan fingerprint density at radius 2 is 1.71 bits per heavy atom. The first-order valence-corrected chi connectivity index (χ1v) is 9.04. The summed E-state index contributed by atoms with van der Waals surface area (Å²) in [7, 11) is 0. The molecule has 0 aliphatic carbocycles. The largest absolute Gasteiger partial charge is 0.353 e. The highest BCUT2D eigenvalue weighted by atomic mass is 35.5. The second-order valence-corrected chi connectivity index (χ2v) is 7.17. The van der Waals surface area contributed by atoms with Gasteiger partial charge in [-0.15, -0.1) is 0 Å². The number of H-pyrrole nitrogens is 1. The molecule has 0 radical (unpaired) electrons. The van der Waals surface area contributed by atoms with Gasteiger partial charge in [0.05, 0.1) is 15.6 Å². The van der Waals surface area contributed by atoms with E-state index in [1.165, 1.54) is 22.3 Å². The summed E-state index contributed by atoms with van der Waals surface area (Å²) in [4.78, 5) is 3.52. The Hall–Kier alpha value is -1.48. The number of nitrogens with one attached hydrogen (secondary N) is 1. The Balaban J connectivity index is 2.21. The lowest BCUT2D eigenvalue weighted by atomic mass is 9.98. The van der Waals surface area contributed by atoms with Gasteiger partial charge in [0, 0.05) is 11.1 Å². The van der Waals surface area contributed by atoms with Gasteiger partial charge < -0.3 is 10.7 Å². The lowest BCUT2D eigenvalue weighted by molar-refractivity contribution is 0.748. The van der Waals surface area contributed by atoms with Crippen LogP contribution in [0.3, 0.4) is 0 Å². The fourth-order valence-electron chi connectivity index (χ4n) is 3.33. The summed E-state index contributed by atoms with van der Waals surface area (Å²) < 4.78 is 0. The third kappa shape index (κ3) is 3.32. The van der Waals surface area contributed by atoms with Crippen LogP contribution in [-0.4, -0.2) is 11.5 Å². The Morgan fingerprint density at radius 3 is 2.38 bits per heavy atom. The monoisotopic (exact) mass is 360 g/mol. The van der Waals surface area contributed by atoms with E-state index < -0.39 is 0 Å². The van der Waals surface area contributed by atoms with Gasteiger partial charge in [-0.1, -0.05) is 46.5 Å². The molecule has 2 nitrogen and oxygen atoms in total. The molecule has 3 rings (SSSR count). The minimum absolute atomic E-state index is 0.575. The summed E-state index contributed by atoms with van der Waals surface area (Å²) in [6.07, 6.45) is 3.04. The molecule has 0 amide bonds. The number of aromatic amines is 1. The van der Waals surface area contributed by atoms with Crippen molar-refractivity contribution in [3.05, 3.63) is 57.1 Å². The van der Waals surface area contributed by atoms with Crippen LogP contribution in [0.2, 0.25) is 10.0 Å². The van der Waals surface area contributed by atoms with E-state index in [0.717, 1.165) is 35.9 Å². The fourth-order valence-corrected chi connectivity index (χ4v) is 3.70. The van der Waals surface area contributed by atoms with Crippen molar-refractivity contribution in [2.45, 2.75) is 33.1 Å². The average Bonchev–Trinajstić information content (AvgIpc) is 2.90. The molecule has 0 aliphatic rings. The molecule has 1 aromatic heterocycles. The zero-order valence-electron chi connectivity index (χ0n) is 14.0. The van der Waals surface area contributed by atoms with E-state index in [0.29, 0.717) is 16.6 Å². The molecule has 0 atom stereocenters. The van der Waals surface area contributed by atoms with Crippen molar-refractivity contribution in [2.24, 2.45) is 5.73 Å². The highest BCUT2D eigenvalue weighted by Gasteiger charge is 2.16. The summed E-state index contributed by atoms with van der Waals surface area (Å²) in [5.41, 5.74) is 12.7. The second-order valence-electron chi connectivity index (χ2n) is 6.38. The van der Waals surface area contributed by atoms with Gasteiger partial charge in [0.1, 0.15) is 0 Å². The standard InChI is InChI=1S/C20H22Cl2N2/c1-12-9-13(2)11-14(10-12)19-15(5-3-4-8-23)16-6-7-17(21)18(22)20(16)24-19/h6-7,9-11,24H,3-5,8,23H2,1-2H3. The lowest BCUT2D eigenvalue weighted by Gasteiger charge is -2.07. The summed E-state index contributed by atoms with van der Waals surface area (Å²) in [6.45, 7) is 4.96.